The Morgan fingerprint density at radius 3 is 2.47 bits per heavy atom. The van der Waals surface area contributed by atoms with Crippen LogP contribution in [-0.4, -0.2) is 0 Å². The second-order valence-electron chi connectivity index (χ2n) is 4.39. The van der Waals surface area contributed by atoms with Gasteiger partial charge in [-0.2, -0.15) is 0 Å². The largest absolute Gasteiger partial charge is 0.488 e. The first kappa shape index (κ1) is 14.4. The van der Waals surface area contributed by atoms with E-state index in [1.807, 2.05) is 49.4 Å². The third-order valence-corrected chi connectivity index (χ3v) is 3.66. The summed E-state index contributed by atoms with van der Waals surface area (Å²) in [6.45, 7) is 2.46. The quantitative estimate of drug-likeness (QED) is 0.875. The molecular weight excluding hydrogens is 326 g/mol. The third-order valence-electron chi connectivity index (χ3n) is 2.79. The van der Waals surface area contributed by atoms with Gasteiger partial charge >= 0.3 is 0 Å². The van der Waals surface area contributed by atoms with E-state index in [9.17, 15) is 0 Å². The third kappa shape index (κ3) is 3.96. The second-order valence-corrected chi connectivity index (χ2v) is 5.68. The fraction of sp³-hybridized carbons (Fsp3) is 0.200. The van der Waals surface area contributed by atoms with E-state index in [1.165, 1.54) is 0 Å². The summed E-state index contributed by atoms with van der Waals surface area (Å²) in [5, 5.41) is 0.728. The Morgan fingerprint density at radius 2 is 1.89 bits per heavy atom. The summed E-state index contributed by atoms with van der Waals surface area (Å²) in [5.41, 5.74) is 7.99. The molecule has 0 spiro atoms. The summed E-state index contributed by atoms with van der Waals surface area (Å²) in [6.07, 6.45) is 0. The molecule has 1 atom stereocenters. The Labute approximate surface area is 126 Å². The number of halogens is 2. The number of hydrogen-bond acceptors (Lipinski definition) is 2. The Bertz CT molecular complexity index is 555. The number of hydrogen-bond donors (Lipinski definition) is 1. The normalized spacial score (nSPS) is 12.2. The van der Waals surface area contributed by atoms with Crippen molar-refractivity contribution in [2.75, 3.05) is 0 Å². The standard InChI is InChI=1S/C15H15BrClNO/c1-10(18)12-4-7-15(14(16)8-12)19-9-11-2-5-13(17)6-3-11/h2-8,10H,9,18H2,1H3/t10-/m0/s1. The van der Waals surface area contributed by atoms with Crippen molar-refractivity contribution in [3.63, 3.8) is 0 Å². The zero-order valence-electron chi connectivity index (χ0n) is 10.6. The van der Waals surface area contributed by atoms with Crippen LogP contribution in [0.5, 0.6) is 5.75 Å². The summed E-state index contributed by atoms with van der Waals surface area (Å²) in [5.74, 6) is 0.805. The first-order chi connectivity index (χ1) is 9.06. The van der Waals surface area contributed by atoms with Gasteiger partial charge in [-0.05, 0) is 58.2 Å². The number of ether oxygens (including phenoxy) is 1. The van der Waals surface area contributed by atoms with E-state index in [2.05, 4.69) is 15.9 Å². The Kier molecular flexibility index (Phi) is 4.86. The number of rotatable bonds is 4. The summed E-state index contributed by atoms with van der Waals surface area (Å²) in [7, 11) is 0. The SMILES string of the molecule is C[C@H](N)c1ccc(OCc2ccc(Cl)cc2)c(Br)c1. The minimum absolute atomic E-state index is 0.0154. The predicted octanol–water partition coefficient (Wildman–Crippen LogP) is 4.70. The highest BCUT2D eigenvalue weighted by molar-refractivity contribution is 9.10. The molecule has 0 unspecified atom stereocenters. The molecule has 0 fully saturated rings. The lowest BCUT2D eigenvalue weighted by atomic mass is 10.1. The van der Waals surface area contributed by atoms with Gasteiger partial charge in [0.05, 0.1) is 4.47 Å². The maximum Gasteiger partial charge on any atom is 0.134 e. The van der Waals surface area contributed by atoms with Crippen molar-refractivity contribution in [1.29, 1.82) is 0 Å². The summed E-state index contributed by atoms with van der Waals surface area (Å²) in [6, 6.07) is 13.5. The molecule has 0 amide bonds. The monoisotopic (exact) mass is 339 g/mol. The molecule has 19 heavy (non-hydrogen) atoms. The van der Waals surface area contributed by atoms with Gasteiger partial charge in [-0.1, -0.05) is 29.8 Å². The number of nitrogens with two attached hydrogens (primary N) is 1. The molecule has 2 N–H and O–H groups in total. The van der Waals surface area contributed by atoms with Crippen LogP contribution in [0.4, 0.5) is 0 Å². The summed E-state index contributed by atoms with van der Waals surface area (Å²) in [4.78, 5) is 0. The highest BCUT2D eigenvalue weighted by atomic mass is 79.9. The maximum absolute atomic E-state index is 5.84. The van der Waals surface area contributed by atoms with Crippen molar-refractivity contribution in [2.45, 2.75) is 19.6 Å². The van der Waals surface area contributed by atoms with Crippen molar-refractivity contribution in [1.82, 2.24) is 0 Å². The summed E-state index contributed by atoms with van der Waals surface area (Å²) < 4.78 is 6.68. The van der Waals surface area contributed by atoms with Crippen molar-refractivity contribution in [3.05, 3.63) is 63.1 Å². The lowest BCUT2D eigenvalue weighted by molar-refractivity contribution is 0.304. The molecule has 2 nitrogen and oxygen atoms in total. The topological polar surface area (TPSA) is 35.2 Å². The Balaban J connectivity index is 2.05. The molecule has 0 aromatic heterocycles. The average Bonchev–Trinajstić information content (AvgIpc) is 2.39. The molecule has 0 saturated heterocycles. The lowest BCUT2D eigenvalue weighted by Crippen LogP contribution is -2.05. The fourth-order valence-corrected chi connectivity index (χ4v) is 2.30. The van der Waals surface area contributed by atoms with Crippen LogP contribution in [0, 0.1) is 0 Å². The van der Waals surface area contributed by atoms with Crippen LogP contribution in [0.25, 0.3) is 0 Å². The fourth-order valence-electron chi connectivity index (χ4n) is 1.66. The van der Waals surface area contributed by atoms with Crippen LogP contribution in [0.15, 0.2) is 46.9 Å². The van der Waals surface area contributed by atoms with E-state index in [4.69, 9.17) is 22.1 Å². The van der Waals surface area contributed by atoms with Crippen molar-refractivity contribution < 1.29 is 4.74 Å². The maximum atomic E-state index is 5.84. The predicted molar refractivity (Wildman–Crippen MR) is 82.5 cm³/mol. The molecule has 0 aliphatic carbocycles. The van der Waals surface area contributed by atoms with Gasteiger partial charge in [0.2, 0.25) is 0 Å². The molecule has 0 radical (unpaired) electrons. The molecule has 0 heterocycles. The molecule has 0 saturated carbocycles. The molecule has 100 valence electrons. The van der Waals surface area contributed by atoms with Crippen molar-refractivity contribution >= 4 is 27.5 Å². The van der Waals surface area contributed by atoms with E-state index < -0.39 is 0 Å². The minimum Gasteiger partial charge on any atom is -0.488 e. The molecule has 0 aliphatic heterocycles. The van der Waals surface area contributed by atoms with Crippen LogP contribution in [0.3, 0.4) is 0 Å². The second kappa shape index (κ2) is 6.42. The average molecular weight is 341 g/mol. The van der Waals surface area contributed by atoms with Crippen LogP contribution >= 0.6 is 27.5 Å². The Hall–Kier alpha value is -1.03. The first-order valence-corrected chi connectivity index (χ1v) is 7.15. The van der Waals surface area contributed by atoms with Crippen LogP contribution in [-0.2, 0) is 6.61 Å². The Morgan fingerprint density at radius 1 is 1.21 bits per heavy atom. The van der Waals surface area contributed by atoms with Gasteiger partial charge in [0.25, 0.3) is 0 Å². The van der Waals surface area contributed by atoms with E-state index in [0.717, 1.165) is 26.4 Å². The van der Waals surface area contributed by atoms with Crippen LogP contribution in [0.2, 0.25) is 5.02 Å². The molecule has 2 aromatic rings. The lowest BCUT2D eigenvalue weighted by Gasteiger charge is -2.11. The first-order valence-electron chi connectivity index (χ1n) is 5.98. The van der Waals surface area contributed by atoms with Gasteiger partial charge in [-0.25, -0.2) is 0 Å². The van der Waals surface area contributed by atoms with E-state index in [1.54, 1.807) is 0 Å². The van der Waals surface area contributed by atoms with Gasteiger partial charge in [0.15, 0.2) is 0 Å². The minimum atomic E-state index is 0.0154. The van der Waals surface area contributed by atoms with Crippen LogP contribution < -0.4 is 10.5 Å². The zero-order chi connectivity index (χ0) is 13.8. The molecular formula is C15H15BrClNO. The molecule has 2 aromatic carbocycles. The highest BCUT2D eigenvalue weighted by Gasteiger charge is 2.05. The van der Waals surface area contributed by atoms with Gasteiger partial charge < -0.3 is 10.5 Å². The van der Waals surface area contributed by atoms with Crippen molar-refractivity contribution in [2.24, 2.45) is 5.73 Å². The highest BCUT2D eigenvalue weighted by Crippen LogP contribution is 2.28. The van der Waals surface area contributed by atoms with Crippen LogP contribution in [0.1, 0.15) is 24.1 Å². The van der Waals surface area contributed by atoms with Gasteiger partial charge in [-0.3, -0.25) is 0 Å². The smallest absolute Gasteiger partial charge is 0.134 e. The van der Waals surface area contributed by atoms with E-state index >= 15 is 0 Å². The van der Waals surface area contributed by atoms with E-state index in [-0.39, 0.29) is 6.04 Å². The molecule has 0 aliphatic rings. The molecule has 4 heteroatoms. The summed E-state index contributed by atoms with van der Waals surface area (Å²) >= 11 is 9.34. The molecule has 0 bridgehead atoms. The number of benzene rings is 2. The van der Waals surface area contributed by atoms with Crippen molar-refractivity contribution in [3.8, 4) is 5.75 Å². The van der Waals surface area contributed by atoms with Gasteiger partial charge in [0.1, 0.15) is 12.4 Å². The van der Waals surface area contributed by atoms with Gasteiger partial charge in [-0.15, -0.1) is 0 Å². The van der Waals surface area contributed by atoms with E-state index in [0.29, 0.717) is 6.61 Å². The van der Waals surface area contributed by atoms with Gasteiger partial charge in [0, 0.05) is 11.1 Å². The molecule has 2 rings (SSSR count). The zero-order valence-corrected chi connectivity index (χ0v) is 12.9.